The highest BCUT2D eigenvalue weighted by Crippen LogP contribution is 2.23. The molecule has 1 aliphatic heterocycles. The molecular formula is C13H14FN3O4S. The van der Waals surface area contributed by atoms with Crippen molar-refractivity contribution < 1.29 is 23.9 Å². The van der Waals surface area contributed by atoms with Crippen LogP contribution in [0.5, 0.6) is 0 Å². The van der Waals surface area contributed by atoms with Gasteiger partial charge in [0.05, 0.1) is 29.3 Å². The smallest absolute Gasteiger partial charge is 0.414 e. The van der Waals surface area contributed by atoms with Gasteiger partial charge in [-0.15, -0.1) is 0 Å². The largest absolute Gasteiger partial charge is 0.442 e. The van der Waals surface area contributed by atoms with Crippen LogP contribution in [0.3, 0.4) is 0 Å². The maximum Gasteiger partial charge on any atom is 0.414 e. The zero-order valence-corrected chi connectivity index (χ0v) is 12.4. The van der Waals surface area contributed by atoms with Gasteiger partial charge in [0.25, 0.3) is 5.91 Å². The number of nitrogens with one attached hydrogen (secondary N) is 2. The second-order valence-electron chi connectivity index (χ2n) is 4.66. The Morgan fingerprint density at radius 2 is 2.32 bits per heavy atom. The molecule has 9 heteroatoms. The number of carbonyl (C=O) groups is 2. The fourth-order valence-corrected chi connectivity index (χ4v) is 2.10. The van der Waals surface area contributed by atoms with E-state index in [4.69, 9.17) is 22.2 Å². The Labute approximate surface area is 131 Å². The summed E-state index contributed by atoms with van der Waals surface area (Å²) < 4.78 is 19.0. The van der Waals surface area contributed by atoms with E-state index in [1.54, 1.807) is 6.92 Å². The number of cyclic esters (lactones) is 1. The summed E-state index contributed by atoms with van der Waals surface area (Å²) in [6.07, 6.45) is -1.01. The van der Waals surface area contributed by atoms with Crippen molar-refractivity contribution in [1.29, 1.82) is 0 Å². The highest BCUT2D eigenvalue weighted by molar-refractivity contribution is 7.80. The van der Waals surface area contributed by atoms with Gasteiger partial charge in [0.15, 0.2) is 0 Å². The Morgan fingerprint density at radius 3 is 2.91 bits per heavy atom. The van der Waals surface area contributed by atoms with E-state index < -0.39 is 23.9 Å². The summed E-state index contributed by atoms with van der Waals surface area (Å²) >= 11 is 4.88. The summed E-state index contributed by atoms with van der Waals surface area (Å²) in [7, 11) is 0. The molecule has 0 aliphatic carbocycles. The fourth-order valence-electron chi connectivity index (χ4n) is 2.01. The van der Waals surface area contributed by atoms with Gasteiger partial charge in [0, 0.05) is 0 Å². The molecule has 1 aliphatic rings. The molecule has 2 rings (SSSR count). The minimum Gasteiger partial charge on any atom is -0.442 e. The van der Waals surface area contributed by atoms with Crippen molar-refractivity contribution in [2.75, 3.05) is 18.0 Å². The molecule has 0 bridgehead atoms. The average Bonchev–Trinajstić information content (AvgIpc) is 2.85. The molecule has 7 nitrogen and oxygen atoms in total. The quantitative estimate of drug-likeness (QED) is 0.437. The Hall–Kier alpha value is -2.26. The minimum atomic E-state index is -0.966. The second-order valence-corrected chi connectivity index (χ2v) is 5.27. The number of rotatable bonds is 4. The Kier molecular flexibility index (Phi) is 4.88. The van der Waals surface area contributed by atoms with Crippen molar-refractivity contribution in [2.45, 2.75) is 13.0 Å². The maximum absolute atomic E-state index is 13.8. The second kappa shape index (κ2) is 6.67. The number of anilines is 1. The first kappa shape index (κ1) is 16.1. The molecule has 1 heterocycles. The number of benzene rings is 1. The third-order valence-electron chi connectivity index (χ3n) is 3.06. The van der Waals surface area contributed by atoms with Gasteiger partial charge in [-0.3, -0.25) is 14.9 Å². The number of halogens is 1. The molecule has 1 saturated heterocycles. The molecule has 0 radical (unpaired) electrons. The summed E-state index contributed by atoms with van der Waals surface area (Å²) in [5, 5.41) is 11.4. The number of hydrogen-bond acceptors (Lipinski definition) is 5. The lowest BCUT2D eigenvalue weighted by Crippen LogP contribution is -2.32. The molecule has 3 N–H and O–H groups in total. The van der Waals surface area contributed by atoms with E-state index in [0.717, 1.165) is 6.07 Å². The number of hydroxylamine groups is 1. The van der Waals surface area contributed by atoms with Crippen LogP contribution in [-0.4, -0.2) is 41.4 Å². The molecule has 0 unspecified atom stereocenters. The first-order chi connectivity index (χ1) is 10.4. The molecule has 0 spiro atoms. The van der Waals surface area contributed by atoms with Crippen LogP contribution in [0.2, 0.25) is 0 Å². The van der Waals surface area contributed by atoms with Crippen molar-refractivity contribution in [3.8, 4) is 0 Å². The summed E-state index contributed by atoms with van der Waals surface area (Å²) in [5.74, 6) is -1.82. The zero-order valence-electron chi connectivity index (χ0n) is 11.6. The van der Waals surface area contributed by atoms with Crippen LogP contribution in [0.1, 0.15) is 17.3 Å². The van der Waals surface area contributed by atoms with Crippen LogP contribution in [0.4, 0.5) is 14.9 Å². The van der Waals surface area contributed by atoms with Gasteiger partial charge >= 0.3 is 6.09 Å². The van der Waals surface area contributed by atoms with Gasteiger partial charge in [-0.05, 0) is 25.1 Å². The zero-order chi connectivity index (χ0) is 16.3. The number of ether oxygens (including phenoxy) is 1. The fraction of sp³-hybridized carbons (Fsp3) is 0.308. The molecule has 1 atom stereocenters. The van der Waals surface area contributed by atoms with Gasteiger partial charge in [-0.1, -0.05) is 12.2 Å². The molecule has 0 saturated carbocycles. The van der Waals surface area contributed by atoms with Gasteiger partial charge < -0.3 is 10.1 Å². The average molecular weight is 327 g/mol. The first-order valence-corrected chi connectivity index (χ1v) is 6.79. The third-order valence-corrected chi connectivity index (χ3v) is 3.21. The molecule has 22 heavy (non-hydrogen) atoms. The number of hydrogen-bond donors (Lipinski definition) is 3. The lowest BCUT2D eigenvalue weighted by molar-refractivity contribution is 0.0702. The van der Waals surface area contributed by atoms with Crippen LogP contribution >= 0.6 is 12.2 Å². The lowest BCUT2D eigenvalue weighted by Gasteiger charge is -2.14. The molecule has 2 amide bonds. The van der Waals surface area contributed by atoms with E-state index in [1.807, 2.05) is 0 Å². The SMILES string of the molecule is CC(=S)NC[C@H]1CN(c2ccc(C(=O)NO)c(F)c2)C(=O)O1. The monoisotopic (exact) mass is 327 g/mol. The normalized spacial score (nSPS) is 17.1. The molecule has 1 fully saturated rings. The van der Waals surface area contributed by atoms with Crippen LogP contribution in [0, 0.1) is 5.82 Å². The number of amides is 2. The van der Waals surface area contributed by atoms with Crippen molar-refractivity contribution >= 4 is 34.9 Å². The molecular weight excluding hydrogens is 313 g/mol. The third kappa shape index (κ3) is 3.49. The Balaban J connectivity index is 2.12. The summed E-state index contributed by atoms with van der Waals surface area (Å²) in [5.41, 5.74) is 1.29. The van der Waals surface area contributed by atoms with Crippen LogP contribution < -0.4 is 15.7 Å². The lowest BCUT2D eigenvalue weighted by atomic mass is 10.1. The van der Waals surface area contributed by atoms with Crippen molar-refractivity contribution in [3.63, 3.8) is 0 Å². The topological polar surface area (TPSA) is 90.9 Å². The van der Waals surface area contributed by atoms with Crippen molar-refractivity contribution in [2.24, 2.45) is 0 Å². The predicted octanol–water partition coefficient (Wildman–Crippen LogP) is 1.21. The van der Waals surface area contributed by atoms with Gasteiger partial charge in [-0.2, -0.15) is 0 Å². The van der Waals surface area contributed by atoms with E-state index in [-0.39, 0.29) is 17.8 Å². The van der Waals surface area contributed by atoms with E-state index in [2.05, 4.69) is 5.32 Å². The van der Waals surface area contributed by atoms with E-state index in [0.29, 0.717) is 11.5 Å². The predicted molar refractivity (Wildman–Crippen MR) is 79.5 cm³/mol. The summed E-state index contributed by atoms with van der Waals surface area (Å²) in [6, 6.07) is 3.61. The summed E-state index contributed by atoms with van der Waals surface area (Å²) in [4.78, 5) is 24.9. The van der Waals surface area contributed by atoms with Crippen molar-refractivity contribution in [1.82, 2.24) is 10.8 Å². The van der Waals surface area contributed by atoms with Gasteiger partial charge in [0.1, 0.15) is 11.9 Å². The number of thiocarbonyl (C=S) groups is 1. The highest BCUT2D eigenvalue weighted by atomic mass is 32.1. The number of carbonyl (C=O) groups excluding carboxylic acids is 2. The van der Waals surface area contributed by atoms with E-state index >= 15 is 0 Å². The van der Waals surface area contributed by atoms with E-state index in [1.165, 1.54) is 22.5 Å². The maximum atomic E-state index is 13.8. The van der Waals surface area contributed by atoms with Crippen LogP contribution in [0.25, 0.3) is 0 Å². The van der Waals surface area contributed by atoms with Crippen molar-refractivity contribution in [3.05, 3.63) is 29.6 Å². The summed E-state index contributed by atoms with van der Waals surface area (Å²) in [6.45, 7) is 2.31. The Bertz CT molecular complexity index is 625. The van der Waals surface area contributed by atoms with Gasteiger partial charge in [0.2, 0.25) is 0 Å². The van der Waals surface area contributed by atoms with Crippen LogP contribution in [-0.2, 0) is 4.74 Å². The molecule has 118 valence electrons. The standard InChI is InChI=1S/C13H14FN3O4S/c1-7(22)15-5-9-6-17(13(19)21-9)8-2-3-10(11(14)4-8)12(18)16-20/h2-4,9,20H,5-6H2,1H3,(H,15,22)(H,16,18)/t9-/m0/s1. The molecule has 1 aromatic carbocycles. The minimum absolute atomic E-state index is 0.236. The molecule has 1 aromatic rings. The first-order valence-electron chi connectivity index (χ1n) is 6.39. The van der Waals surface area contributed by atoms with E-state index in [9.17, 15) is 14.0 Å². The molecule has 0 aromatic heterocycles. The number of nitrogens with zero attached hydrogens (tertiary/aromatic N) is 1. The highest BCUT2D eigenvalue weighted by Gasteiger charge is 2.32. The van der Waals surface area contributed by atoms with Crippen LogP contribution in [0.15, 0.2) is 18.2 Å². The Morgan fingerprint density at radius 1 is 1.59 bits per heavy atom. The van der Waals surface area contributed by atoms with Gasteiger partial charge in [-0.25, -0.2) is 14.7 Å².